The Kier molecular flexibility index (Phi) is 4.00. The summed E-state index contributed by atoms with van der Waals surface area (Å²) < 4.78 is 5.11. The average Bonchev–Trinajstić information content (AvgIpc) is 3.05. The molecule has 24 heavy (non-hydrogen) atoms. The molecule has 1 aliphatic carbocycles. The van der Waals surface area contributed by atoms with Crippen LogP contribution in [-0.4, -0.2) is 27.2 Å². The van der Waals surface area contributed by atoms with Gasteiger partial charge in [0.05, 0.1) is 6.20 Å². The summed E-state index contributed by atoms with van der Waals surface area (Å²) in [7, 11) is 0. The van der Waals surface area contributed by atoms with Crippen molar-refractivity contribution in [3.63, 3.8) is 0 Å². The van der Waals surface area contributed by atoms with E-state index in [0.717, 1.165) is 35.3 Å². The molecule has 1 aliphatic rings. The van der Waals surface area contributed by atoms with Crippen LogP contribution in [0.2, 0.25) is 0 Å². The molecule has 4 N–H and O–H groups in total. The number of nitrogens with zero attached hydrogens (tertiary/aromatic N) is 3. The molecule has 0 aliphatic heterocycles. The number of rotatable bonds is 4. The van der Waals surface area contributed by atoms with E-state index in [4.69, 9.17) is 10.3 Å². The van der Waals surface area contributed by atoms with E-state index in [1.54, 1.807) is 12.4 Å². The van der Waals surface area contributed by atoms with Crippen molar-refractivity contribution in [2.45, 2.75) is 37.8 Å². The summed E-state index contributed by atoms with van der Waals surface area (Å²) in [4.78, 5) is 8.84. The minimum Gasteiger partial charge on any atom is -0.356 e. The summed E-state index contributed by atoms with van der Waals surface area (Å²) in [6.45, 7) is 0. The first-order valence-electron chi connectivity index (χ1n) is 8.24. The fraction of sp³-hybridized carbons (Fsp3) is 0.353. The molecule has 0 unspecified atom stereocenters. The smallest absolute Gasteiger partial charge is 0.224 e. The lowest BCUT2D eigenvalue weighted by atomic mass is 9.91. The van der Waals surface area contributed by atoms with Crippen LogP contribution in [0, 0.1) is 0 Å². The normalized spacial score (nSPS) is 20.9. The fourth-order valence-corrected chi connectivity index (χ4v) is 3.10. The van der Waals surface area contributed by atoms with E-state index in [2.05, 4.69) is 25.8 Å². The predicted octanol–water partition coefficient (Wildman–Crippen LogP) is 3.04. The molecule has 1 fully saturated rings. The van der Waals surface area contributed by atoms with Gasteiger partial charge in [-0.2, -0.15) is 4.98 Å². The highest BCUT2D eigenvalue weighted by Crippen LogP contribution is 2.23. The van der Waals surface area contributed by atoms with Crippen LogP contribution in [0.4, 0.5) is 17.5 Å². The van der Waals surface area contributed by atoms with E-state index in [9.17, 15) is 0 Å². The Balaban J connectivity index is 1.49. The number of anilines is 3. The van der Waals surface area contributed by atoms with Crippen LogP contribution in [0.5, 0.6) is 0 Å². The van der Waals surface area contributed by atoms with Crippen molar-refractivity contribution in [3.8, 4) is 0 Å². The van der Waals surface area contributed by atoms with E-state index in [1.165, 1.54) is 12.8 Å². The van der Waals surface area contributed by atoms with Crippen molar-refractivity contribution >= 4 is 28.4 Å². The first-order chi connectivity index (χ1) is 11.8. The lowest BCUT2D eigenvalue weighted by molar-refractivity contribution is 0.402. The Bertz CT molecular complexity index is 833. The van der Waals surface area contributed by atoms with Gasteiger partial charge in [0.15, 0.2) is 5.58 Å². The lowest BCUT2D eigenvalue weighted by Gasteiger charge is -2.29. The Morgan fingerprint density at radius 2 is 2.08 bits per heavy atom. The number of nitrogens with one attached hydrogen (secondary N) is 2. The van der Waals surface area contributed by atoms with Crippen molar-refractivity contribution in [1.29, 1.82) is 0 Å². The Morgan fingerprint density at radius 1 is 1.17 bits per heavy atom. The van der Waals surface area contributed by atoms with Crippen molar-refractivity contribution in [1.82, 2.24) is 15.1 Å². The monoisotopic (exact) mass is 324 g/mol. The highest BCUT2D eigenvalue weighted by atomic mass is 16.5. The topological polar surface area (TPSA) is 102 Å². The van der Waals surface area contributed by atoms with Crippen molar-refractivity contribution in [2.24, 2.45) is 5.73 Å². The lowest BCUT2D eigenvalue weighted by Crippen LogP contribution is -2.42. The molecular weight excluding hydrogens is 304 g/mol. The molecule has 2 heterocycles. The Labute approximate surface area is 139 Å². The van der Waals surface area contributed by atoms with Gasteiger partial charge in [-0.3, -0.25) is 0 Å². The number of fused-ring (bicyclic) bond motifs is 1. The maximum atomic E-state index is 6.18. The van der Waals surface area contributed by atoms with Crippen LogP contribution in [0.25, 0.3) is 11.0 Å². The van der Waals surface area contributed by atoms with Crippen LogP contribution in [0.3, 0.4) is 0 Å². The SMILES string of the molecule is N[C@H]1CCCC[C@H]1Nc1nccc(Nc2ccc3oncc3c2)n1. The number of hydrogen-bond acceptors (Lipinski definition) is 7. The first-order valence-corrected chi connectivity index (χ1v) is 8.24. The van der Waals surface area contributed by atoms with Gasteiger partial charge in [-0.1, -0.05) is 18.0 Å². The predicted molar refractivity (Wildman–Crippen MR) is 93.2 cm³/mol. The first kappa shape index (κ1) is 14.9. The second kappa shape index (κ2) is 6.45. The summed E-state index contributed by atoms with van der Waals surface area (Å²) >= 11 is 0. The molecule has 0 amide bonds. The third kappa shape index (κ3) is 3.16. The van der Waals surface area contributed by atoms with Crippen LogP contribution in [0.15, 0.2) is 41.2 Å². The van der Waals surface area contributed by atoms with E-state index in [0.29, 0.717) is 5.95 Å². The molecule has 4 rings (SSSR count). The van der Waals surface area contributed by atoms with Crippen LogP contribution in [-0.2, 0) is 0 Å². The molecule has 2 aromatic heterocycles. The molecule has 1 aromatic carbocycles. The highest BCUT2D eigenvalue weighted by Gasteiger charge is 2.22. The molecular formula is C17H20N6O. The van der Waals surface area contributed by atoms with Gasteiger partial charge >= 0.3 is 0 Å². The van der Waals surface area contributed by atoms with Crippen molar-refractivity contribution in [2.75, 3.05) is 10.6 Å². The van der Waals surface area contributed by atoms with E-state index in [1.807, 2.05) is 24.3 Å². The molecule has 0 saturated heterocycles. The van der Waals surface area contributed by atoms with Gasteiger partial charge in [0.2, 0.25) is 5.95 Å². The minimum atomic E-state index is 0.162. The molecule has 0 radical (unpaired) electrons. The fourth-order valence-electron chi connectivity index (χ4n) is 3.10. The summed E-state index contributed by atoms with van der Waals surface area (Å²) in [6, 6.07) is 8.02. The molecule has 7 heteroatoms. The van der Waals surface area contributed by atoms with Crippen LogP contribution in [0.1, 0.15) is 25.7 Å². The van der Waals surface area contributed by atoms with Gasteiger partial charge < -0.3 is 20.9 Å². The van der Waals surface area contributed by atoms with Crippen LogP contribution < -0.4 is 16.4 Å². The zero-order valence-corrected chi connectivity index (χ0v) is 13.3. The number of hydrogen-bond donors (Lipinski definition) is 3. The van der Waals surface area contributed by atoms with Gasteiger partial charge in [0, 0.05) is 29.4 Å². The second-order valence-electron chi connectivity index (χ2n) is 6.17. The Morgan fingerprint density at radius 3 is 3.00 bits per heavy atom. The van der Waals surface area contributed by atoms with Crippen molar-refractivity contribution < 1.29 is 4.52 Å². The highest BCUT2D eigenvalue weighted by molar-refractivity contribution is 5.81. The standard InChI is InChI=1S/C17H20N6O/c18-13-3-1-2-4-14(13)22-17-19-8-7-16(23-17)21-12-5-6-15-11(9-12)10-20-24-15/h5-10,13-14H,1-4,18H2,(H2,19,21,22,23)/t13-,14+/m0/s1. The maximum Gasteiger partial charge on any atom is 0.224 e. The molecule has 124 valence electrons. The molecule has 0 spiro atoms. The number of aromatic nitrogens is 3. The summed E-state index contributed by atoms with van der Waals surface area (Å²) in [5.74, 6) is 1.33. The summed E-state index contributed by atoms with van der Waals surface area (Å²) in [6.07, 6.45) is 7.94. The van der Waals surface area contributed by atoms with Gasteiger partial charge in [-0.15, -0.1) is 0 Å². The second-order valence-corrected chi connectivity index (χ2v) is 6.17. The molecule has 1 saturated carbocycles. The Hall–Kier alpha value is -2.67. The van der Waals surface area contributed by atoms with E-state index in [-0.39, 0.29) is 12.1 Å². The molecule has 3 aromatic rings. The van der Waals surface area contributed by atoms with Gasteiger partial charge in [-0.05, 0) is 37.1 Å². The van der Waals surface area contributed by atoms with Gasteiger partial charge in [0.25, 0.3) is 0 Å². The average molecular weight is 324 g/mol. The number of benzene rings is 1. The van der Waals surface area contributed by atoms with E-state index < -0.39 is 0 Å². The van der Waals surface area contributed by atoms with E-state index >= 15 is 0 Å². The maximum absolute atomic E-state index is 6.18. The molecule has 2 atom stereocenters. The number of nitrogens with two attached hydrogens (primary N) is 1. The summed E-state index contributed by atoms with van der Waals surface area (Å²) in [5.41, 5.74) is 7.86. The zero-order chi connectivity index (χ0) is 16.4. The molecule has 0 bridgehead atoms. The molecule has 7 nitrogen and oxygen atoms in total. The zero-order valence-electron chi connectivity index (χ0n) is 13.3. The van der Waals surface area contributed by atoms with Crippen LogP contribution >= 0.6 is 0 Å². The third-order valence-corrected chi connectivity index (χ3v) is 4.41. The van der Waals surface area contributed by atoms with Gasteiger partial charge in [-0.25, -0.2) is 4.98 Å². The third-order valence-electron chi connectivity index (χ3n) is 4.41. The largest absolute Gasteiger partial charge is 0.356 e. The van der Waals surface area contributed by atoms with Crippen molar-refractivity contribution in [3.05, 3.63) is 36.7 Å². The minimum absolute atomic E-state index is 0.162. The quantitative estimate of drug-likeness (QED) is 0.678. The summed E-state index contributed by atoms with van der Waals surface area (Å²) in [5, 5.41) is 11.4. The van der Waals surface area contributed by atoms with Gasteiger partial charge in [0.1, 0.15) is 5.82 Å².